The summed E-state index contributed by atoms with van der Waals surface area (Å²) in [6, 6.07) is 0. The molecular weight excluding hydrogens is 224 g/mol. The van der Waals surface area contributed by atoms with Crippen molar-refractivity contribution in [2.45, 2.75) is 71.0 Å². The Morgan fingerprint density at radius 1 is 1.11 bits per heavy atom. The third-order valence-corrected chi connectivity index (χ3v) is 3.26. The first-order valence-corrected chi connectivity index (χ1v) is 7.24. The van der Waals surface area contributed by atoms with Gasteiger partial charge in [0.15, 0.2) is 0 Å². The van der Waals surface area contributed by atoms with Crippen LogP contribution in [0, 0.1) is 0 Å². The van der Waals surface area contributed by atoms with Gasteiger partial charge in [0.25, 0.3) is 0 Å². The van der Waals surface area contributed by atoms with Crippen LogP contribution in [0.3, 0.4) is 0 Å². The quantitative estimate of drug-likeness (QED) is 0.758. The second-order valence-electron chi connectivity index (χ2n) is 4.80. The van der Waals surface area contributed by atoms with Gasteiger partial charge in [0, 0.05) is 7.11 Å². The molecule has 0 aromatic heterocycles. The molecule has 1 atom stereocenters. The van der Waals surface area contributed by atoms with E-state index in [2.05, 4.69) is 19.1 Å². The molecule has 0 radical (unpaired) electrons. The van der Waals surface area contributed by atoms with E-state index in [0.717, 1.165) is 19.3 Å². The van der Waals surface area contributed by atoms with E-state index in [1.807, 2.05) is 26.0 Å². The SMILES string of the molecule is CC.COC1(C)C=CC=CC1.OC1CCCCC1. The van der Waals surface area contributed by atoms with Crippen LogP contribution in [0.2, 0.25) is 0 Å². The minimum Gasteiger partial charge on any atom is -0.393 e. The fraction of sp³-hybridized carbons (Fsp3) is 0.750. The second kappa shape index (κ2) is 10.3. The molecule has 2 heteroatoms. The lowest BCUT2D eigenvalue weighted by molar-refractivity contribution is 0.0506. The molecular formula is C16H30O2. The van der Waals surface area contributed by atoms with Crippen molar-refractivity contribution in [3.63, 3.8) is 0 Å². The van der Waals surface area contributed by atoms with Crippen molar-refractivity contribution in [3.05, 3.63) is 24.3 Å². The zero-order valence-electron chi connectivity index (χ0n) is 12.5. The van der Waals surface area contributed by atoms with E-state index in [1.54, 1.807) is 7.11 Å². The topological polar surface area (TPSA) is 29.5 Å². The van der Waals surface area contributed by atoms with E-state index in [-0.39, 0.29) is 11.7 Å². The van der Waals surface area contributed by atoms with E-state index in [4.69, 9.17) is 9.84 Å². The number of aliphatic hydroxyl groups is 1. The monoisotopic (exact) mass is 254 g/mol. The van der Waals surface area contributed by atoms with Gasteiger partial charge >= 0.3 is 0 Å². The average Bonchev–Trinajstić information content (AvgIpc) is 2.43. The van der Waals surface area contributed by atoms with E-state index < -0.39 is 0 Å². The predicted octanol–water partition coefficient (Wildman–Crippen LogP) is 4.25. The summed E-state index contributed by atoms with van der Waals surface area (Å²) in [5.41, 5.74) is -0.0469. The van der Waals surface area contributed by atoms with Crippen LogP contribution < -0.4 is 0 Å². The van der Waals surface area contributed by atoms with Gasteiger partial charge in [-0.3, -0.25) is 0 Å². The number of ether oxygens (including phenoxy) is 1. The summed E-state index contributed by atoms with van der Waals surface area (Å²) in [5, 5.41) is 8.91. The summed E-state index contributed by atoms with van der Waals surface area (Å²) < 4.78 is 5.24. The molecule has 2 nitrogen and oxygen atoms in total. The van der Waals surface area contributed by atoms with E-state index in [9.17, 15) is 0 Å². The van der Waals surface area contributed by atoms with Crippen molar-refractivity contribution in [1.82, 2.24) is 0 Å². The van der Waals surface area contributed by atoms with E-state index in [0.29, 0.717) is 0 Å². The first kappa shape index (κ1) is 17.4. The Balaban J connectivity index is 0.000000289. The molecule has 0 saturated heterocycles. The minimum absolute atomic E-state index is 0.0359. The number of aliphatic hydroxyl groups excluding tert-OH is 1. The first-order valence-electron chi connectivity index (χ1n) is 7.24. The molecule has 0 aliphatic heterocycles. The highest BCUT2D eigenvalue weighted by Gasteiger charge is 2.18. The number of methoxy groups -OCH3 is 1. The highest BCUT2D eigenvalue weighted by atomic mass is 16.5. The fourth-order valence-corrected chi connectivity index (χ4v) is 1.94. The van der Waals surface area contributed by atoms with E-state index >= 15 is 0 Å². The highest BCUT2D eigenvalue weighted by Crippen LogP contribution is 2.19. The number of allylic oxidation sites excluding steroid dienone is 2. The van der Waals surface area contributed by atoms with Crippen LogP contribution in [0.25, 0.3) is 0 Å². The molecule has 2 aliphatic carbocycles. The zero-order chi connectivity index (χ0) is 13.9. The van der Waals surface area contributed by atoms with Crippen molar-refractivity contribution in [1.29, 1.82) is 0 Å². The fourth-order valence-electron chi connectivity index (χ4n) is 1.94. The molecule has 0 amide bonds. The summed E-state index contributed by atoms with van der Waals surface area (Å²) >= 11 is 0. The summed E-state index contributed by atoms with van der Waals surface area (Å²) in [6.07, 6.45) is 15.2. The standard InChI is InChI=1S/C8H12O.C6H12O.C2H6/c1-8(9-2)6-4-3-5-7-8;7-6-4-2-1-3-5-6;1-2/h3-6H,7H2,1-2H3;6-7H,1-5H2;1-2H3. The van der Waals surface area contributed by atoms with Gasteiger partial charge in [-0.25, -0.2) is 0 Å². The Bertz CT molecular complexity index is 239. The lowest BCUT2D eigenvalue weighted by Gasteiger charge is -2.24. The van der Waals surface area contributed by atoms with Crippen molar-refractivity contribution >= 4 is 0 Å². The Morgan fingerprint density at radius 2 is 1.72 bits per heavy atom. The summed E-state index contributed by atoms with van der Waals surface area (Å²) in [7, 11) is 1.74. The minimum atomic E-state index is -0.0469. The molecule has 106 valence electrons. The van der Waals surface area contributed by atoms with Gasteiger partial charge in [-0.2, -0.15) is 0 Å². The molecule has 0 spiro atoms. The Hall–Kier alpha value is -0.600. The lowest BCUT2D eigenvalue weighted by Crippen LogP contribution is -2.24. The summed E-state index contributed by atoms with van der Waals surface area (Å²) in [4.78, 5) is 0. The van der Waals surface area contributed by atoms with E-state index in [1.165, 1.54) is 19.3 Å². The second-order valence-corrected chi connectivity index (χ2v) is 4.80. The molecule has 18 heavy (non-hydrogen) atoms. The summed E-state index contributed by atoms with van der Waals surface area (Å²) in [5.74, 6) is 0. The molecule has 0 heterocycles. The van der Waals surface area contributed by atoms with Crippen LogP contribution in [-0.2, 0) is 4.74 Å². The largest absolute Gasteiger partial charge is 0.393 e. The van der Waals surface area contributed by atoms with Crippen LogP contribution in [0.5, 0.6) is 0 Å². The highest BCUT2D eigenvalue weighted by molar-refractivity contribution is 5.16. The number of hydrogen-bond acceptors (Lipinski definition) is 2. The third-order valence-electron chi connectivity index (χ3n) is 3.26. The molecule has 1 saturated carbocycles. The van der Waals surface area contributed by atoms with Crippen molar-refractivity contribution in [3.8, 4) is 0 Å². The van der Waals surface area contributed by atoms with Crippen LogP contribution in [0.1, 0.15) is 59.3 Å². The predicted molar refractivity (Wildman–Crippen MR) is 78.8 cm³/mol. The smallest absolute Gasteiger partial charge is 0.0868 e. The lowest BCUT2D eigenvalue weighted by atomic mass is 9.98. The van der Waals surface area contributed by atoms with Crippen LogP contribution in [-0.4, -0.2) is 23.9 Å². The molecule has 1 unspecified atom stereocenters. The van der Waals surface area contributed by atoms with Crippen LogP contribution >= 0.6 is 0 Å². The molecule has 2 rings (SSSR count). The van der Waals surface area contributed by atoms with Crippen molar-refractivity contribution in [2.75, 3.05) is 7.11 Å². The molecule has 0 aromatic rings. The van der Waals surface area contributed by atoms with Gasteiger partial charge in [-0.1, -0.05) is 57.4 Å². The third kappa shape index (κ3) is 7.67. The molecule has 0 bridgehead atoms. The van der Waals surface area contributed by atoms with Gasteiger partial charge < -0.3 is 9.84 Å². The molecule has 0 aromatic carbocycles. The number of hydrogen-bond donors (Lipinski definition) is 1. The molecule has 1 fully saturated rings. The van der Waals surface area contributed by atoms with Gasteiger partial charge in [0.2, 0.25) is 0 Å². The normalized spacial score (nSPS) is 26.7. The van der Waals surface area contributed by atoms with Crippen molar-refractivity contribution in [2.24, 2.45) is 0 Å². The van der Waals surface area contributed by atoms with Crippen LogP contribution in [0.4, 0.5) is 0 Å². The Morgan fingerprint density at radius 3 is 2.00 bits per heavy atom. The van der Waals surface area contributed by atoms with Crippen LogP contribution in [0.15, 0.2) is 24.3 Å². The summed E-state index contributed by atoms with van der Waals surface area (Å²) in [6.45, 7) is 6.08. The van der Waals surface area contributed by atoms with Gasteiger partial charge in [-0.05, 0) is 26.2 Å². The maximum atomic E-state index is 8.91. The van der Waals surface area contributed by atoms with Crippen molar-refractivity contribution < 1.29 is 9.84 Å². The Kier molecular flexibility index (Phi) is 9.99. The number of rotatable bonds is 1. The Labute approximate surface area is 113 Å². The maximum absolute atomic E-state index is 8.91. The molecule has 1 N–H and O–H groups in total. The van der Waals surface area contributed by atoms with Gasteiger partial charge in [0.05, 0.1) is 11.7 Å². The average molecular weight is 254 g/mol. The first-order chi connectivity index (χ1) is 8.66. The van der Waals surface area contributed by atoms with Gasteiger partial charge in [0.1, 0.15) is 0 Å². The molecule has 2 aliphatic rings. The zero-order valence-corrected chi connectivity index (χ0v) is 12.5. The maximum Gasteiger partial charge on any atom is 0.0868 e. The van der Waals surface area contributed by atoms with Gasteiger partial charge in [-0.15, -0.1) is 0 Å².